The fourth-order valence-electron chi connectivity index (χ4n) is 2.10. The number of nitrogens with one attached hydrogen (secondary N) is 1. The highest BCUT2D eigenvalue weighted by atomic mass is 79.9. The van der Waals surface area contributed by atoms with Crippen LogP contribution in [0.4, 0.5) is 13.2 Å². The molecule has 2 rings (SSSR count). The van der Waals surface area contributed by atoms with Crippen LogP contribution in [0.25, 0.3) is 0 Å². The molecule has 0 spiro atoms. The van der Waals surface area contributed by atoms with Gasteiger partial charge in [0.1, 0.15) is 5.82 Å². The lowest BCUT2D eigenvalue weighted by Gasteiger charge is -2.26. The van der Waals surface area contributed by atoms with Crippen LogP contribution >= 0.6 is 15.9 Å². The molecule has 16 heavy (non-hydrogen) atoms. The molecule has 1 atom stereocenters. The summed E-state index contributed by atoms with van der Waals surface area (Å²) in [4.78, 5) is 0. The minimum absolute atomic E-state index is 0.177. The minimum atomic E-state index is -1.18. The standard InChI is InChI=1S/C11H11BrF3N/c1-11(3-2-4-16-11)6-5-7(13)10(15)8(12)9(6)14/h5,16H,2-4H2,1H3. The highest BCUT2D eigenvalue weighted by Crippen LogP contribution is 2.36. The summed E-state index contributed by atoms with van der Waals surface area (Å²) in [6.45, 7) is 2.55. The lowest BCUT2D eigenvalue weighted by atomic mass is 9.90. The summed E-state index contributed by atoms with van der Waals surface area (Å²) < 4.78 is 39.8. The van der Waals surface area contributed by atoms with Crippen LogP contribution in [0.3, 0.4) is 0 Å². The fourth-order valence-corrected chi connectivity index (χ4v) is 2.50. The Morgan fingerprint density at radius 2 is 2.00 bits per heavy atom. The van der Waals surface area contributed by atoms with Crippen molar-refractivity contribution in [3.05, 3.63) is 33.6 Å². The van der Waals surface area contributed by atoms with E-state index < -0.39 is 27.5 Å². The Balaban J connectivity index is 2.57. The normalized spacial score (nSPS) is 25.1. The smallest absolute Gasteiger partial charge is 0.175 e. The Hall–Kier alpha value is -0.550. The van der Waals surface area contributed by atoms with E-state index >= 15 is 0 Å². The Labute approximate surface area is 100 Å². The molecule has 1 aromatic carbocycles. The molecule has 0 aromatic heterocycles. The van der Waals surface area contributed by atoms with Crippen molar-refractivity contribution in [2.24, 2.45) is 0 Å². The molecule has 1 saturated heterocycles. The Bertz CT molecular complexity index is 428. The molecule has 88 valence electrons. The van der Waals surface area contributed by atoms with Crippen molar-refractivity contribution in [3.8, 4) is 0 Å². The molecule has 1 nitrogen and oxygen atoms in total. The molecule has 0 amide bonds. The third-order valence-corrected chi connectivity index (χ3v) is 3.76. The first-order valence-electron chi connectivity index (χ1n) is 5.04. The van der Waals surface area contributed by atoms with Crippen molar-refractivity contribution in [3.63, 3.8) is 0 Å². The highest BCUT2D eigenvalue weighted by molar-refractivity contribution is 9.10. The van der Waals surface area contributed by atoms with Crippen LogP contribution < -0.4 is 5.32 Å². The molecule has 0 radical (unpaired) electrons. The highest BCUT2D eigenvalue weighted by Gasteiger charge is 2.34. The SMILES string of the molecule is CC1(c2cc(F)c(F)c(Br)c2F)CCCN1. The predicted molar refractivity (Wildman–Crippen MR) is 58.6 cm³/mol. The molecule has 0 aliphatic carbocycles. The monoisotopic (exact) mass is 293 g/mol. The fraction of sp³-hybridized carbons (Fsp3) is 0.455. The molecule has 1 aliphatic heterocycles. The van der Waals surface area contributed by atoms with Crippen molar-refractivity contribution in [1.82, 2.24) is 5.32 Å². The number of rotatable bonds is 1. The first kappa shape index (κ1) is 11.9. The van der Waals surface area contributed by atoms with Gasteiger partial charge in [0.05, 0.1) is 4.47 Å². The first-order chi connectivity index (χ1) is 7.46. The summed E-state index contributed by atoms with van der Waals surface area (Å²) in [6.07, 6.45) is 1.61. The molecular weight excluding hydrogens is 283 g/mol. The second-order valence-electron chi connectivity index (χ2n) is 4.21. The van der Waals surface area contributed by atoms with Crippen molar-refractivity contribution in [2.45, 2.75) is 25.3 Å². The molecule has 1 aliphatic rings. The van der Waals surface area contributed by atoms with E-state index in [4.69, 9.17) is 0 Å². The van der Waals surface area contributed by atoms with E-state index in [2.05, 4.69) is 21.2 Å². The topological polar surface area (TPSA) is 12.0 Å². The largest absolute Gasteiger partial charge is 0.308 e. The van der Waals surface area contributed by atoms with Gasteiger partial charge in [0.2, 0.25) is 0 Å². The zero-order valence-corrected chi connectivity index (χ0v) is 10.3. The lowest BCUT2D eigenvalue weighted by Crippen LogP contribution is -2.34. The van der Waals surface area contributed by atoms with Crippen LogP contribution in [0.1, 0.15) is 25.3 Å². The molecule has 0 saturated carbocycles. The number of benzene rings is 1. The minimum Gasteiger partial charge on any atom is -0.308 e. The molecule has 1 unspecified atom stereocenters. The molecule has 1 N–H and O–H groups in total. The maximum Gasteiger partial charge on any atom is 0.175 e. The molecule has 1 heterocycles. The van der Waals surface area contributed by atoms with Crippen molar-refractivity contribution >= 4 is 15.9 Å². The summed E-state index contributed by atoms with van der Waals surface area (Å²) >= 11 is 2.73. The second kappa shape index (κ2) is 4.04. The zero-order chi connectivity index (χ0) is 11.9. The van der Waals surface area contributed by atoms with E-state index in [1.165, 1.54) is 0 Å². The Morgan fingerprint density at radius 1 is 1.31 bits per heavy atom. The van der Waals surface area contributed by atoms with Crippen molar-refractivity contribution in [1.29, 1.82) is 0 Å². The van der Waals surface area contributed by atoms with Gasteiger partial charge in [0, 0.05) is 11.1 Å². The average molecular weight is 294 g/mol. The molecule has 5 heteroatoms. The summed E-state index contributed by atoms with van der Waals surface area (Å²) in [6, 6.07) is 0.938. The average Bonchev–Trinajstić information content (AvgIpc) is 2.68. The third kappa shape index (κ3) is 1.76. The van der Waals surface area contributed by atoms with Gasteiger partial charge in [-0.1, -0.05) is 0 Å². The summed E-state index contributed by atoms with van der Waals surface area (Å²) in [5.74, 6) is -2.93. The quantitative estimate of drug-likeness (QED) is 0.618. The maximum atomic E-state index is 13.8. The number of hydrogen-bond donors (Lipinski definition) is 1. The summed E-state index contributed by atoms with van der Waals surface area (Å²) in [7, 11) is 0. The summed E-state index contributed by atoms with van der Waals surface area (Å²) in [5, 5.41) is 3.11. The first-order valence-corrected chi connectivity index (χ1v) is 5.83. The second-order valence-corrected chi connectivity index (χ2v) is 5.00. The predicted octanol–water partition coefficient (Wildman–Crippen LogP) is 3.47. The number of halogens is 4. The van der Waals surface area contributed by atoms with E-state index in [9.17, 15) is 13.2 Å². The zero-order valence-electron chi connectivity index (χ0n) is 8.71. The van der Waals surface area contributed by atoms with Gasteiger partial charge in [-0.05, 0) is 48.3 Å². The Morgan fingerprint density at radius 3 is 2.56 bits per heavy atom. The molecule has 0 bridgehead atoms. The van der Waals surface area contributed by atoms with Gasteiger partial charge >= 0.3 is 0 Å². The lowest BCUT2D eigenvalue weighted by molar-refractivity contribution is 0.397. The van der Waals surface area contributed by atoms with E-state index in [1.54, 1.807) is 6.92 Å². The van der Waals surface area contributed by atoms with E-state index in [0.717, 1.165) is 19.0 Å². The van der Waals surface area contributed by atoms with Crippen LogP contribution in [-0.2, 0) is 5.54 Å². The maximum absolute atomic E-state index is 13.8. The van der Waals surface area contributed by atoms with Crippen LogP contribution in [0.5, 0.6) is 0 Å². The summed E-state index contributed by atoms with van der Waals surface area (Å²) in [5.41, 5.74) is -0.433. The number of hydrogen-bond acceptors (Lipinski definition) is 1. The van der Waals surface area contributed by atoms with Gasteiger partial charge in [-0.2, -0.15) is 0 Å². The van der Waals surface area contributed by atoms with Crippen LogP contribution in [0, 0.1) is 17.5 Å². The van der Waals surface area contributed by atoms with Gasteiger partial charge in [-0.3, -0.25) is 0 Å². The van der Waals surface area contributed by atoms with Crippen LogP contribution in [0.2, 0.25) is 0 Å². The van der Waals surface area contributed by atoms with E-state index in [0.29, 0.717) is 6.42 Å². The van der Waals surface area contributed by atoms with Gasteiger partial charge in [-0.25, -0.2) is 13.2 Å². The molecular formula is C11H11BrF3N. The van der Waals surface area contributed by atoms with Gasteiger partial charge < -0.3 is 5.32 Å². The molecule has 1 aromatic rings. The third-order valence-electron chi connectivity index (χ3n) is 3.07. The van der Waals surface area contributed by atoms with E-state index in [-0.39, 0.29) is 5.56 Å². The Kier molecular flexibility index (Phi) is 3.01. The van der Waals surface area contributed by atoms with Gasteiger partial charge in [-0.15, -0.1) is 0 Å². The van der Waals surface area contributed by atoms with Crippen LogP contribution in [0.15, 0.2) is 10.5 Å². The van der Waals surface area contributed by atoms with Crippen LogP contribution in [-0.4, -0.2) is 6.54 Å². The van der Waals surface area contributed by atoms with Gasteiger partial charge in [0.15, 0.2) is 11.6 Å². The van der Waals surface area contributed by atoms with E-state index in [1.807, 2.05) is 0 Å². The van der Waals surface area contributed by atoms with Crippen molar-refractivity contribution < 1.29 is 13.2 Å². The molecule has 1 fully saturated rings. The van der Waals surface area contributed by atoms with Crippen molar-refractivity contribution in [2.75, 3.05) is 6.54 Å². The van der Waals surface area contributed by atoms with Gasteiger partial charge in [0.25, 0.3) is 0 Å².